The van der Waals surface area contributed by atoms with Crippen LogP contribution in [0.25, 0.3) is 11.1 Å². The van der Waals surface area contributed by atoms with Gasteiger partial charge < -0.3 is 24.8 Å². The Balaban J connectivity index is 0.00000196. The van der Waals surface area contributed by atoms with Gasteiger partial charge in [0, 0.05) is 0 Å². The van der Waals surface area contributed by atoms with Gasteiger partial charge in [-0.05, 0) is 0 Å². The zero-order chi connectivity index (χ0) is 32.9. The average molecular weight is 777 g/mol. The summed E-state index contributed by atoms with van der Waals surface area (Å²) in [6, 6.07) is 33.3. The Morgan fingerprint density at radius 2 is 1.06 bits per heavy atom. The van der Waals surface area contributed by atoms with Gasteiger partial charge in [0.25, 0.3) is 0 Å². The van der Waals surface area contributed by atoms with Crippen LogP contribution in [0.4, 0.5) is 0 Å². The average Bonchev–Trinajstić information content (AvgIpc) is 3.60. The van der Waals surface area contributed by atoms with Gasteiger partial charge in [0.15, 0.2) is 0 Å². The van der Waals surface area contributed by atoms with Crippen LogP contribution in [-0.2, 0) is 21.3 Å². The first-order chi connectivity index (χ1) is 23.2. The Morgan fingerprint density at radius 3 is 1.52 bits per heavy atom. The molecule has 1 atom stereocenters. The van der Waals surface area contributed by atoms with Crippen LogP contribution in [0.2, 0.25) is 0 Å². The first-order valence-corrected chi connectivity index (χ1v) is 22.6. The van der Waals surface area contributed by atoms with Crippen LogP contribution in [-0.4, -0.2) is 3.21 Å². The summed E-state index contributed by atoms with van der Waals surface area (Å²) in [4.78, 5) is 0. The van der Waals surface area contributed by atoms with Gasteiger partial charge in [-0.2, -0.15) is 0 Å². The van der Waals surface area contributed by atoms with Crippen molar-refractivity contribution in [1.29, 1.82) is 0 Å². The third-order valence-corrected chi connectivity index (χ3v) is 22.6. The molecule has 4 bridgehead atoms. The molecule has 4 aromatic carbocycles. The second-order valence-corrected chi connectivity index (χ2v) is 22.7. The van der Waals surface area contributed by atoms with Gasteiger partial charge in [0.2, 0.25) is 0 Å². The summed E-state index contributed by atoms with van der Waals surface area (Å²) >= 11 is -2.84. The summed E-state index contributed by atoms with van der Waals surface area (Å²) in [5.74, 6) is 4.21. The monoisotopic (exact) mass is 774 g/mol. The SMILES string of the molecule is Cc1cc2c(cc1C)[CH]([Zr+2]([C]1=CC(C3(C)C4CC5CC(C4)CC3C5)=CC1C)=[C](c1ccccc1)c1ccccc1)c1cc(C)c(C)cc1-2.[Cl-].[Cl-]. The van der Waals surface area contributed by atoms with Crippen LogP contribution in [0.15, 0.2) is 106 Å². The van der Waals surface area contributed by atoms with E-state index in [1.807, 2.05) is 3.28 Å². The molecule has 0 aromatic heterocycles. The molecule has 0 aliphatic heterocycles. The summed E-state index contributed by atoms with van der Waals surface area (Å²) in [7, 11) is 0. The molecule has 4 aromatic rings. The summed E-state index contributed by atoms with van der Waals surface area (Å²) in [5.41, 5.74) is 16.8. The zero-order valence-corrected chi connectivity index (χ0v) is 34.5. The normalized spacial score (nSPS) is 26.9. The maximum Gasteiger partial charge on any atom is -1.00 e. The second-order valence-electron chi connectivity index (χ2n) is 16.6. The van der Waals surface area contributed by atoms with E-state index in [9.17, 15) is 0 Å². The fourth-order valence-electron chi connectivity index (χ4n) is 11.2. The third kappa shape index (κ3) is 5.60. The Kier molecular flexibility index (Phi) is 9.80. The maximum atomic E-state index is 2.85. The van der Waals surface area contributed by atoms with E-state index in [0.29, 0.717) is 15.0 Å². The second kappa shape index (κ2) is 13.6. The molecular formula is C47H50Cl2Zr. The van der Waals surface area contributed by atoms with E-state index in [4.69, 9.17) is 0 Å². The number of aryl methyl sites for hydroxylation is 4. The van der Waals surface area contributed by atoms with Crippen molar-refractivity contribution in [2.24, 2.45) is 35.0 Å². The molecule has 4 saturated carbocycles. The summed E-state index contributed by atoms with van der Waals surface area (Å²) in [6.07, 6.45) is 13.0. The van der Waals surface area contributed by atoms with Crippen LogP contribution < -0.4 is 24.8 Å². The minimum Gasteiger partial charge on any atom is -1.00 e. The number of allylic oxidation sites excluding steroid dienone is 4. The summed E-state index contributed by atoms with van der Waals surface area (Å²) in [5, 5.41) is 0. The molecule has 0 nitrogen and oxygen atoms in total. The van der Waals surface area contributed by atoms with E-state index >= 15 is 0 Å². The number of hydrogen-bond acceptors (Lipinski definition) is 0. The number of fused-ring (bicyclic) bond motifs is 3. The molecular weight excluding hydrogens is 727 g/mol. The summed E-state index contributed by atoms with van der Waals surface area (Å²) < 4.78 is 3.92. The fourth-order valence-corrected chi connectivity index (χ4v) is 20.7. The molecule has 0 heterocycles. The van der Waals surface area contributed by atoms with E-state index in [1.165, 1.54) is 76.6 Å². The van der Waals surface area contributed by atoms with Crippen molar-refractivity contribution in [3.63, 3.8) is 0 Å². The topological polar surface area (TPSA) is 0 Å². The van der Waals surface area contributed by atoms with E-state index in [-0.39, 0.29) is 24.8 Å². The van der Waals surface area contributed by atoms with Gasteiger partial charge >= 0.3 is 298 Å². The molecule has 3 heteroatoms. The molecule has 256 valence electrons. The van der Waals surface area contributed by atoms with Crippen LogP contribution in [0, 0.1) is 62.7 Å². The standard InChI is InChI=1S/C17H23.C17H17.C13H10.2ClH.Zr/c1-11-3-4-14(5-11)17(2)15-7-12-6-13(9-15)10-16(17)8-12;1-10-5-14-9-15-6-11(2)13(4)8-17(15)16(14)7-12(10)3;1-3-7-12(8-4-1)11-13-9-5-2-6-10-13;;;/h4-5,11-13,15-16H,6-10H2,1-2H3;5-9H,1-4H3;1-10H;2*1H;/q;;;;;+2/p-2. The predicted octanol–water partition coefficient (Wildman–Crippen LogP) is 5.81. The Labute approximate surface area is 320 Å². The molecule has 50 heavy (non-hydrogen) atoms. The number of hydrogen-bond donors (Lipinski definition) is 0. The fraction of sp³-hybridized carbons (Fsp3) is 0.383. The number of halogens is 2. The Bertz CT molecular complexity index is 1920. The minimum absolute atomic E-state index is 0. The molecule has 0 N–H and O–H groups in total. The van der Waals surface area contributed by atoms with Gasteiger partial charge in [-0.3, -0.25) is 0 Å². The molecule has 0 saturated heterocycles. The van der Waals surface area contributed by atoms with Crippen LogP contribution in [0.1, 0.15) is 94.1 Å². The van der Waals surface area contributed by atoms with Gasteiger partial charge in [-0.25, -0.2) is 0 Å². The summed E-state index contributed by atoms with van der Waals surface area (Å²) in [6.45, 7) is 14.5. The predicted molar refractivity (Wildman–Crippen MR) is 199 cm³/mol. The van der Waals surface area contributed by atoms with E-state index in [0.717, 1.165) is 23.7 Å². The van der Waals surface area contributed by atoms with Crippen molar-refractivity contribution in [3.8, 4) is 11.1 Å². The zero-order valence-electron chi connectivity index (χ0n) is 30.5. The van der Waals surface area contributed by atoms with E-state index < -0.39 is 21.3 Å². The van der Waals surface area contributed by atoms with Crippen LogP contribution >= 0.6 is 0 Å². The first-order valence-electron chi connectivity index (χ1n) is 18.7. The Hall–Kier alpha value is -2.31. The van der Waals surface area contributed by atoms with Crippen molar-refractivity contribution in [1.82, 2.24) is 0 Å². The van der Waals surface area contributed by atoms with Gasteiger partial charge in [-0.15, -0.1) is 0 Å². The Morgan fingerprint density at radius 1 is 0.620 bits per heavy atom. The maximum absolute atomic E-state index is 2.85. The number of benzene rings is 4. The first kappa shape index (κ1) is 36.1. The van der Waals surface area contributed by atoms with Crippen molar-refractivity contribution in [2.75, 3.05) is 0 Å². The molecule has 10 rings (SSSR count). The van der Waals surface area contributed by atoms with Crippen molar-refractivity contribution in [2.45, 2.75) is 77.3 Å². The molecule has 0 radical (unpaired) electrons. The van der Waals surface area contributed by atoms with Crippen LogP contribution in [0.5, 0.6) is 0 Å². The van der Waals surface area contributed by atoms with E-state index in [2.05, 4.69) is 139 Å². The molecule has 6 aliphatic rings. The molecule has 4 fully saturated rings. The molecule has 6 aliphatic carbocycles. The van der Waals surface area contributed by atoms with Crippen LogP contribution in [0.3, 0.4) is 0 Å². The largest absolute Gasteiger partial charge is 1.00 e. The van der Waals surface area contributed by atoms with Crippen molar-refractivity contribution < 1.29 is 46.1 Å². The third-order valence-electron chi connectivity index (χ3n) is 13.9. The minimum atomic E-state index is -2.84. The molecule has 0 amide bonds. The van der Waals surface area contributed by atoms with E-state index in [1.54, 1.807) is 19.9 Å². The smallest absolute Gasteiger partial charge is 1.00 e. The number of rotatable bonds is 5. The van der Waals surface area contributed by atoms with Gasteiger partial charge in [0.05, 0.1) is 0 Å². The molecule has 0 spiro atoms. The molecule has 1 unspecified atom stereocenters. The van der Waals surface area contributed by atoms with Gasteiger partial charge in [-0.1, -0.05) is 0 Å². The van der Waals surface area contributed by atoms with Gasteiger partial charge in [0.1, 0.15) is 0 Å². The quantitative estimate of drug-likeness (QED) is 0.241. The van der Waals surface area contributed by atoms with Crippen molar-refractivity contribution >= 4 is 3.21 Å². The van der Waals surface area contributed by atoms with Crippen molar-refractivity contribution in [3.05, 3.63) is 150 Å².